The molecule has 0 heterocycles. The molecule has 1 atom stereocenters. The van der Waals surface area contributed by atoms with Gasteiger partial charge >= 0.3 is 0 Å². The van der Waals surface area contributed by atoms with E-state index < -0.39 is 6.29 Å². The van der Waals surface area contributed by atoms with E-state index in [9.17, 15) is 9.90 Å². The topological polar surface area (TPSA) is 46.5 Å². The van der Waals surface area contributed by atoms with E-state index in [-0.39, 0.29) is 11.9 Å². The molecule has 18 heavy (non-hydrogen) atoms. The molecule has 0 spiro atoms. The summed E-state index contributed by atoms with van der Waals surface area (Å²) in [5.41, 5.74) is 2.30. The maximum atomic E-state index is 11.8. The number of hydrogen-bond acceptors (Lipinski definition) is 3. The zero-order valence-corrected chi connectivity index (χ0v) is 11.6. The van der Waals surface area contributed by atoms with Crippen molar-refractivity contribution in [3.05, 3.63) is 34.9 Å². The van der Waals surface area contributed by atoms with E-state index in [1.165, 1.54) is 0 Å². The van der Waals surface area contributed by atoms with Crippen LogP contribution in [0, 0.1) is 6.92 Å². The molecule has 1 N–H and O–H groups in total. The third-order valence-corrected chi connectivity index (χ3v) is 2.74. The second-order valence-electron chi connectivity index (χ2n) is 4.78. The van der Waals surface area contributed by atoms with E-state index in [2.05, 4.69) is 0 Å². The number of aliphatic hydroxyl groups excluding tert-OH is 1. The van der Waals surface area contributed by atoms with E-state index in [0.29, 0.717) is 12.0 Å². The fourth-order valence-electron chi connectivity index (χ4n) is 1.83. The highest BCUT2D eigenvalue weighted by atomic mass is 16.6. The van der Waals surface area contributed by atoms with Gasteiger partial charge in [-0.15, -0.1) is 0 Å². The molecule has 0 fully saturated rings. The van der Waals surface area contributed by atoms with Crippen LogP contribution in [0.2, 0.25) is 0 Å². The number of ether oxygens (including phenoxy) is 1. The lowest BCUT2D eigenvalue weighted by atomic mass is 10.0. The Balaban J connectivity index is 2.88. The Morgan fingerprint density at radius 1 is 1.39 bits per heavy atom. The van der Waals surface area contributed by atoms with Crippen LogP contribution in [-0.2, 0) is 4.74 Å². The molecule has 0 amide bonds. The molecule has 1 unspecified atom stereocenters. The largest absolute Gasteiger partial charge is 0.364 e. The fraction of sp³-hybridized carbons (Fsp3) is 0.533. The van der Waals surface area contributed by atoms with Crippen molar-refractivity contribution in [2.75, 3.05) is 0 Å². The lowest BCUT2D eigenvalue weighted by molar-refractivity contribution is -0.129. The van der Waals surface area contributed by atoms with Gasteiger partial charge in [-0.2, -0.15) is 0 Å². The number of benzene rings is 1. The first-order valence-corrected chi connectivity index (χ1v) is 6.43. The summed E-state index contributed by atoms with van der Waals surface area (Å²) < 4.78 is 5.34. The average Bonchev–Trinajstić information content (AvgIpc) is 2.28. The van der Waals surface area contributed by atoms with Gasteiger partial charge in [0.1, 0.15) is 0 Å². The van der Waals surface area contributed by atoms with Crippen molar-refractivity contribution in [1.29, 1.82) is 0 Å². The maximum Gasteiger partial charge on any atom is 0.181 e. The lowest BCUT2D eigenvalue weighted by Crippen LogP contribution is -2.11. The Labute approximate surface area is 109 Å². The van der Waals surface area contributed by atoms with Crippen LogP contribution in [0.5, 0.6) is 0 Å². The quantitative estimate of drug-likeness (QED) is 0.621. The van der Waals surface area contributed by atoms with Crippen LogP contribution >= 0.6 is 0 Å². The number of aryl methyl sites for hydroxylation is 1. The van der Waals surface area contributed by atoms with Crippen LogP contribution in [-0.4, -0.2) is 17.0 Å². The molecule has 0 saturated carbocycles. The van der Waals surface area contributed by atoms with Crippen LogP contribution in [0.25, 0.3) is 0 Å². The van der Waals surface area contributed by atoms with Gasteiger partial charge in [0, 0.05) is 17.5 Å². The number of aliphatic hydroxyl groups is 1. The van der Waals surface area contributed by atoms with E-state index >= 15 is 0 Å². The SMILES string of the molecule is CCCC(=O)c1ccc(C(O)OC(C)C)c(C)c1. The number of ketones is 1. The molecule has 0 bridgehead atoms. The van der Waals surface area contributed by atoms with Crippen molar-refractivity contribution in [3.63, 3.8) is 0 Å². The van der Waals surface area contributed by atoms with Gasteiger partial charge in [-0.3, -0.25) is 4.79 Å². The summed E-state index contributed by atoms with van der Waals surface area (Å²) in [6, 6.07) is 5.35. The van der Waals surface area contributed by atoms with Crippen LogP contribution in [0.15, 0.2) is 18.2 Å². The van der Waals surface area contributed by atoms with E-state index in [4.69, 9.17) is 4.74 Å². The molecule has 0 aliphatic rings. The maximum absolute atomic E-state index is 11.8. The summed E-state index contributed by atoms with van der Waals surface area (Å²) in [4.78, 5) is 11.8. The summed E-state index contributed by atoms with van der Waals surface area (Å²) >= 11 is 0. The van der Waals surface area contributed by atoms with Gasteiger partial charge in [-0.25, -0.2) is 0 Å². The van der Waals surface area contributed by atoms with Gasteiger partial charge in [0.2, 0.25) is 0 Å². The van der Waals surface area contributed by atoms with Gasteiger partial charge < -0.3 is 9.84 Å². The number of hydrogen-bond donors (Lipinski definition) is 1. The van der Waals surface area contributed by atoms with Crippen molar-refractivity contribution in [3.8, 4) is 0 Å². The number of carbonyl (C=O) groups excluding carboxylic acids is 1. The highest BCUT2D eigenvalue weighted by Gasteiger charge is 2.14. The van der Waals surface area contributed by atoms with Crippen LogP contribution in [0.1, 0.15) is 61.4 Å². The molecule has 0 aromatic heterocycles. The predicted octanol–water partition coefficient (Wildman–Crippen LogP) is 3.39. The van der Waals surface area contributed by atoms with Crippen molar-refractivity contribution in [1.82, 2.24) is 0 Å². The molecule has 0 radical (unpaired) electrons. The number of Topliss-reactive ketones (excluding diaryl/α,β-unsaturated/α-hetero) is 1. The summed E-state index contributed by atoms with van der Waals surface area (Å²) in [6.07, 6.45) is 0.434. The summed E-state index contributed by atoms with van der Waals surface area (Å²) in [6.45, 7) is 7.61. The molecule has 3 nitrogen and oxygen atoms in total. The van der Waals surface area contributed by atoms with Crippen molar-refractivity contribution in [2.24, 2.45) is 0 Å². The lowest BCUT2D eigenvalue weighted by Gasteiger charge is -2.17. The molecular weight excluding hydrogens is 228 g/mol. The monoisotopic (exact) mass is 250 g/mol. The zero-order valence-electron chi connectivity index (χ0n) is 11.6. The first-order valence-electron chi connectivity index (χ1n) is 6.43. The number of carbonyl (C=O) groups is 1. The Morgan fingerprint density at radius 3 is 2.56 bits per heavy atom. The molecule has 0 aliphatic heterocycles. The normalized spacial score (nSPS) is 12.8. The summed E-state index contributed by atoms with van der Waals surface area (Å²) in [7, 11) is 0. The van der Waals surface area contributed by atoms with Gasteiger partial charge in [0.05, 0.1) is 6.10 Å². The van der Waals surface area contributed by atoms with Crippen LogP contribution < -0.4 is 0 Å². The molecular formula is C15H22O3. The average molecular weight is 250 g/mol. The molecule has 3 heteroatoms. The Morgan fingerprint density at radius 2 is 2.06 bits per heavy atom. The third kappa shape index (κ3) is 3.93. The summed E-state index contributed by atoms with van der Waals surface area (Å²) in [5.74, 6) is 0.145. The minimum absolute atomic E-state index is 0.0409. The highest BCUT2D eigenvalue weighted by Crippen LogP contribution is 2.22. The number of rotatable bonds is 6. The van der Waals surface area contributed by atoms with Gasteiger partial charge in [-0.1, -0.05) is 19.1 Å². The smallest absolute Gasteiger partial charge is 0.181 e. The summed E-state index contributed by atoms with van der Waals surface area (Å²) in [5, 5.41) is 9.90. The molecule has 100 valence electrons. The molecule has 1 aromatic rings. The third-order valence-electron chi connectivity index (χ3n) is 2.74. The Bertz CT molecular complexity index is 410. The van der Waals surface area contributed by atoms with Crippen LogP contribution in [0.3, 0.4) is 0 Å². The molecule has 0 aliphatic carbocycles. The van der Waals surface area contributed by atoms with Crippen molar-refractivity contribution in [2.45, 2.75) is 52.9 Å². The first-order chi connectivity index (χ1) is 8.45. The predicted molar refractivity (Wildman–Crippen MR) is 71.6 cm³/mol. The van der Waals surface area contributed by atoms with E-state index in [1.54, 1.807) is 12.1 Å². The first kappa shape index (κ1) is 14.9. The van der Waals surface area contributed by atoms with Crippen molar-refractivity contribution >= 4 is 5.78 Å². The molecule has 1 aromatic carbocycles. The molecule has 0 saturated heterocycles. The van der Waals surface area contributed by atoms with Crippen LogP contribution in [0.4, 0.5) is 0 Å². The highest BCUT2D eigenvalue weighted by molar-refractivity contribution is 5.96. The van der Waals surface area contributed by atoms with Gasteiger partial charge in [0.25, 0.3) is 0 Å². The molecule has 1 rings (SSSR count). The minimum atomic E-state index is -0.930. The second-order valence-corrected chi connectivity index (χ2v) is 4.78. The standard InChI is InChI=1S/C15H22O3/c1-5-6-14(16)12-7-8-13(11(4)9-12)15(17)18-10(2)3/h7-10,15,17H,5-6H2,1-4H3. The van der Waals surface area contributed by atoms with Gasteiger partial charge in [-0.05, 0) is 38.8 Å². The van der Waals surface area contributed by atoms with E-state index in [0.717, 1.165) is 17.5 Å². The fourth-order valence-corrected chi connectivity index (χ4v) is 1.83. The Hall–Kier alpha value is -1.19. The second kappa shape index (κ2) is 6.66. The Kier molecular flexibility index (Phi) is 5.51. The van der Waals surface area contributed by atoms with Gasteiger partial charge in [0.15, 0.2) is 12.1 Å². The zero-order chi connectivity index (χ0) is 13.7. The van der Waals surface area contributed by atoms with Crippen molar-refractivity contribution < 1.29 is 14.6 Å². The minimum Gasteiger partial charge on any atom is -0.364 e. The van der Waals surface area contributed by atoms with E-state index in [1.807, 2.05) is 33.8 Å².